The Kier molecular flexibility index (Phi) is 5.71. The van der Waals surface area contributed by atoms with E-state index >= 15 is 0 Å². The quantitative estimate of drug-likeness (QED) is 0.879. The largest absolute Gasteiger partial charge is 0.493 e. The molecule has 0 aromatic heterocycles. The summed E-state index contributed by atoms with van der Waals surface area (Å²) >= 11 is 0. The number of nitrogens with one attached hydrogen (secondary N) is 1. The van der Waals surface area contributed by atoms with Gasteiger partial charge in [-0.25, -0.2) is 0 Å². The molecular weight excluding hydrogens is 330 g/mol. The minimum Gasteiger partial charge on any atom is -0.493 e. The zero-order chi connectivity index (χ0) is 15.6. The summed E-state index contributed by atoms with van der Waals surface area (Å²) in [5.74, 6) is 2.30. The van der Waals surface area contributed by atoms with E-state index in [1.807, 2.05) is 0 Å². The number of methoxy groups -OCH3 is 1. The monoisotopic (exact) mass is 355 g/mol. The molecule has 3 aliphatic heterocycles. The molecule has 134 valence electrons. The Hall–Kier alpha value is -1.21. The van der Waals surface area contributed by atoms with Gasteiger partial charge in [-0.15, -0.1) is 12.4 Å². The van der Waals surface area contributed by atoms with Crippen molar-refractivity contribution in [3.8, 4) is 17.2 Å². The molecular formula is C17H26ClN3O3. The van der Waals surface area contributed by atoms with Gasteiger partial charge in [0.1, 0.15) is 0 Å². The van der Waals surface area contributed by atoms with Crippen LogP contribution in [0.1, 0.15) is 12.0 Å². The summed E-state index contributed by atoms with van der Waals surface area (Å²) in [6, 6.07) is 4.89. The van der Waals surface area contributed by atoms with Crippen LogP contribution in [0.2, 0.25) is 0 Å². The van der Waals surface area contributed by atoms with Gasteiger partial charge in [0.15, 0.2) is 11.5 Å². The van der Waals surface area contributed by atoms with E-state index in [2.05, 4.69) is 27.2 Å². The molecule has 1 atom stereocenters. The van der Waals surface area contributed by atoms with Crippen LogP contribution in [0, 0.1) is 0 Å². The van der Waals surface area contributed by atoms with Crippen molar-refractivity contribution in [2.24, 2.45) is 0 Å². The number of hydrogen-bond acceptors (Lipinski definition) is 6. The zero-order valence-electron chi connectivity index (χ0n) is 14.1. The summed E-state index contributed by atoms with van der Waals surface area (Å²) in [6.45, 7) is 8.09. The molecule has 3 aliphatic rings. The highest BCUT2D eigenvalue weighted by molar-refractivity contribution is 5.85. The van der Waals surface area contributed by atoms with Gasteiger partial charge in [0.2, 0.25) is 12.5 Å². The minimum atomic E-state index is 0. The number of rotatable bonds is 4. The standard InChI is InChI=1S/C17H25N3O3.ClH/c1-21-15-8-13(9-16-17(15)23-12-22-16)11-19-4-6-20(7-5-19)14-2-3-18-10-14;/h8-9,14,18H,2-7,10-12H2,1H3;1H. The molecule has 24 heavy (non-hydrogen) atoms. The smallest absolute Gasteiger partial charge is 0.231 e. The lowest BCUT2D eigenvalue weighted by Crippen LogP contribution is -2.50. The van der Waals surface area contributed by atoms with Gasteiger partial charge in [-0.1, -0.05) is 0 Å². The number of fused-ring (bicyclic) bond motifs is 1. The number of ether oxygens (including phenoxy) is 3. The third kappa shape index (κ3) is 3.57. The molecule has 1 unspecified atom stereocenters. The summed E-state index contributed by atoms with van der Waals surface area (Å²) in [5, 5.41) is 3.46. The van der Waals surface area contributed by atoms with Crippen LogP contribution in [0.15, 0.2) is 12.1 Å². The summed E-state index contributed by atoms with van der Waals surface area (Å²) in [7, 11) is 1.68. The van der Waals surface area contributed by atoms with E-state index < -0.39 is 0 Å². The van der Waals surface area contributed by atoms with Crippen molar-refractivity contribution in [3.63, 3.8) is 0 Å². The molecule has 0 radical (unpaired) electrons. The number of benzene rings is 1. The second-order valence-corrected chi connectivity index (χ2v) is 6.49. The van der Waals surface area contributed by atoms with Crippen molar-refractivity contribution in [3.05, 3.63) is 17.7 Å². The Morgan fingerprint density at radius 1 is 1.21 bits per heavy atom. The van der Waals surface area contributed by atoms with Gasteiger partial charge in [-0.05, 0) is 30.7 Å². The SMILES string of the molecule is COc1cc(CN2CCN(C3CCNC3)CC2)cc2c1OCO2.Cl. The fourth-order valence-electron chi connectivity index (χ4n) is 3.77. The third-order valence-electron chi connectivity index (χ3n) is 5.08. The zero-order valence-corrected chi connectivity index (χ0v) is 14.9. The van der Waals surface area contributed by atoms with Gasteiger partial charge in [0.25, 0.3) is 0 Å². The van der Waals surface area contributed by atoms with E-state index in [0.717, 1.165) is 62.6 Å². The number of piperazine rings is 1. The van der Waals surface area contributed by atoms with Crippen LogP contribution in [0.25, 0.3) is 0 Å². The summed E-state index contributed by atoms with van der Waals surface area (Å²) in [4.78, 5) is 5.15. The van der Waals surface area contributed by atoms with Gasteiger partial charge in [0, 0.05) is 45.3 Å². The Bertz CT molecular complexity index is 558. The number of nitrogens with zero attached hydrogens (tertiary/aromatic N) is 2. The van der Waals surface area contributed by atoms with E-state index in [0.29, 0.717) is 0 Å². The predicted molar refractivity (Wildman–Crippen MR) is 94.5 cm³/mol. The maximum Gasteiger partial charge on any atom is 0.231 e. The fourth-order valence-corrected chi connectivity index (χ4v) is 3.77. The van der Waals surface area contributed by atoms with E-state index in [9.17, 15) is 0 Å². The highest BCUT2D eigenvalue weighted by Gasteiger charge is 2.26. The Balaban J connectivity index is 0.00000169. The maximum absolute atomic E-state index is 5.52. The lowest BCUT2D eigenvalue weighted by Gasteiger charge is -2.37. The van der Waals surface area contributed by atoms with Crippen molar-refractivity contribution in [1.29, 1.82) is 0 Å². The molecule has 0 spiro atoms. The first-order valence-corrected chi connectivity index (χ1v) is 8.47. The Morgan fingerprint density at radius 2 is 2.04 bits per heavy atom. The number of halogens is 1. The van der Waals surface area contributed by atoms with Crippen molar-refractivity contribution >= 4 is 12.4 Å². The summed E-state index contributed by atoms with van der Waals surface area (Å²) in [6.07, 6.45) is 1.29. The Morgan fingerprint density at radius 3 is 2.75 bits per heavy atom. The topological polar surface area (TPSA) is 46.2 Å². The lowest BCUT2D eigenvalue weighted by atomic mass is 10.1. The highest BCUT2D eigenvalue weighted by Crippen LogP contribution is 2.42. The summed E-state index contributed by atoms with van der Waals surface area (Å²) < 4.78 is 16.4. The molecule has 7 heteroatoms. The fraction of sp³-hybridized carbons (Fsp3) is 0.647. The van der Waals surface area contributed by atoms with Crippen LogP contribution in [0.4, 0.5) is 0 Å². The highest BCUT2D eigenvalue weighted by atomic mass is 35.5. The maximum atomic E-state index is 5.52. The van der Waals surface area contributed by atoms with Gasteiger partial charge in [-0.2, -0.15) is 0 Å². The first-order valence-electron chi connectivity index (χ1n) is 8.47. The van der Waals surface area contributed by atoms with Gasteiger partial charge < -0.3 is 19.5 Å². The van der Waals surface area contributed by atoms with E-state index in [1.54, 1.807) is 7.11 Å². The molecule has 0 aliphatic carbocycles. The van der Waals surface area contributed by atoms with Gasteiger partial charge in [-0.3, -0.25) is 9.80 Å². The van der Waals surface area contributed by atoms with Gasteiger partial charge >= 0.3 is 0 Å². The molecule has 1 N–H and O–H groups in total. The second kappa shape index (κ2) is 7.78. The molecule has 2 saturated heterocycles. The molecule has 0 saturated carbocycles. The predicted octanol–water partition coefficient (Wildman–Crippen LogP) is 1.33. The molecule has 3 heterocycles. The number of hydrogen-bond donors (Lipinski definition) is 1. The summed E-state index contributed by atoms with van der Waals surface area (Å²) in [5.41, 5.74) is 1.22. The van der Waals surface area contributed by atoms with E-state index in [1.165, 1.54) is 18.5 Å². The molecule has 6 nitrogen and oxygen atoms in total. The molecule has 0 bridgehead atoms. The van der Waals surface area contributed by atoms with Crippen LogP contribution < -0.4 is 19.5 Å². The third-order valence-corrected chi connectivity index (χ3v) is 5.08. The Labute approximate surface area is 149 Å². The average molecular weight is 356 g/mol. The molecule has 2 fully saturated rings. The van der Waals surface area contributed by atoms with E-state index in [4.69, 9.17) is 14.2 Å². The van der Waals surface area contributed by atoms with Crippen LogP contribution in [-0.4, -0.2) is 69.0 Å². The van der Waals surface area contributed by atoms with Crippen LogP contribution in [0.3, 0.4) is 0 Å². The molecule has 0 amide bonds. The van der Waals surface area contributed by atoms with Gasteiger partial charge in [0.05, 0.1) is 7.11 Å². The second-order valence-electron chi connectivity index (χ2n) is 6.49. The van der Waals surface area contributed by atoms with Crippen LogP contribution in [0.5, 0.6) is 17.2 Å². The molecule has 1 aromatic carbocycles. The van der Waals surface area contributed by atoms with Crippen molar-refractivity contribution in [1.82, 2.24) is 15.1 Å². The van der Waals surface area contributed by atoms with E-state index in [-0.39, 0.29) is 19.2 Å². The minimum absolute atomic E-state index is 0. The first kappa shape index (κ1) is 17.6. The van der Waals surface area contributed by atoms with Crippen LogP contribution >= 0.6 is 12.4 Å². The molecule has 1 aromatic rings. The van der Waals surface area contributed by atoms with Crippen molar-refractivity contribution in [2.75, 3.05) is 53.2 Å². The molecule has 4 rings (SSSR count). The van der Waals surface area contributed by atoms with Crippen molar-refractivity contribution < 1.29 is 14.2 Å². The van der Waals surface area contributed by atoms with Crippen molar-refractivity contribution in [2.45, 2.75) is 19.0 Å². The first-order chi connectivity index (χ1) is 11.3. The lowest BCUT2D eigenvalue weighted by molar-refractivity contribution is 0.0980. The average Bonchev–Trinajstić information content (AvgIpc) is 3.26. The van der Waals surface area contributed by atoms with Crippen LogP contribution in [-0.2, 0) is 6.54 Å². The normalized spacial score (nSPS) is 24.0.